The number of amides is 2. The molecule has 2 amide bonds. The summed E-state index contributed by atoms with van der Waals surface area (Å²) in [6.07, 6.45) is -1.03. The van der Waals surface area contributed by atoms with Gasteiger partial charge in [0.25, 0.3) is 5.91 Å². The number of esters is 1. The van der Waals surface area contributed by atoms with Gasteiger partial charge in [0.05, 0.1) is 5.52 Å². The minimum atomic E-state index is -1.03. The smallest absolute Gasteiger partial charge is 0.357 e. The second-order valence-corrected chi connectivity index (χ2v) is 5.87. The summed E-state index contributed by atoms with van der Waals surface area (Å²) in [4.78, 5) is 39.8. The molecule has 7 nitrogen and oxygen atoms in total. The lowest BCUT2D eigenvalue weighted by Gasteiger charge is -2.13. The summed E-state index contributed by atoms with van der Waals surface area (Å²) >= 11 is 0. The van der Waals surface area contributed by atoms with Crippen LogP contribution in [0.1, 0.15) is 27.8 Å². The first-order valence-electron chi connectivity index (χ1n) is 8.21. The third kappa shape index (κ3) is 4.27. The van der Waals surface area contributed by atoms with Crippen molar-refractivity contribution < 1.29 is 19.1 Å². The molecular weight excluding hydrogens is 346 g/mol. The normalized spacial score (nSPS) is 11.6. The number of aromatic nitrogens is 1. The van der Waals surface area contributed by atoms with Crippen LogP contribution in [-0.2, 0) is 9.53 Å². The van der Waals surface area contributed by atoms with E-state index < -0.39 is 23.9 Å². The molecule has 0 bridgehead atoms. The van der Waals surface area contributed by atoms with E-state index in [9.17, 15) is 14.4 Å². The van der Waals surface area contributed by atoms with Crippen LogP contribution in [0.2, 0.25) is 0 Å². The van der Waals surface area contributed by atoms with Gasteiger partial charge in [0, 0.05) is 16.6 Å². The van der Waals surface area contributed by atoms with Crippen LogP contribution < -0.4 is 11.1 Å². The van der Waals surface area contributed by atoms with Crippen molar-refractivity contribution in [2.45, 2.75) is 13.0 Å². The summed E-state index contributed by atoms with van der Waals surface area (Å²) in [5, 5.41) is 3.51. The summed E-state index contributed by atoms with van der Waals surface area (Å²) < 4.78 is 5.19. The molecule has 0 fully saturated rings. The summed E-state index contributed by atoms with van der Waals surface area (Å²) in [6.45, 7) is 1.46. The zero-order chi connectivity index (χ0) is 19.4. The molecule has 0 unspecified atom stereocenters. The van der Waals surface area contributed by atoms with E-state index in [4.69, 9.17) is 10.5 Å². The van der Waals surface area contributed by atoms with E-state index in [2.05, 4.69) is 10.3 Å². The maximum atomic E-state index is 12.3. The first-order valence-corrected chi connectivity index (χ1v) is 8.21. The molecule has 27 heavy (non-hydrogen) atoms. The Hall–Kier alpha value is -3.74. The molecule has 1 heterocycles. The molecule has 3 rings (SSSR count). The van der Waals surface area contributed by atoms with Crippen molar-refractivity contribution in [2.24, 2.45) is 5.73 Å². The van der Waals surface area contributed by atoms with Gasteiger partial charge in [-0.1, -0.05) is 24.3 Å². The van der Waals surface area contributed by atoms with E-state index in [0.29, 0.717) is 16.8 Å². The molecule has 0 radical (unpaired) electrons. The van der Waals surface area contributed by atoms with Crippen molar-refractivity contribution in [3.05, 3.63) is 71.9 Å². The third-order valence-electron chi connectivity index (χ3n) is 3.90. The van der Waals surface area contributed by atoms with Gasteiger partial charge >= 0.3 is 5.97 Å². The Kier molecular flexibility index (Phi) is 5.12. The van der Waals surface area contributed by atoms with Crippen LogP contribution in [0.3, 0.4) is 0 Å². The highest BCUT2D eigenvalue weighted by molar-refractivity contribution is 5.98. The van der Waals surface area contributed by atoms with Crippen molar-refractivity contribution in [1.82, 2.24) is 4.98 Å². The van der Waals surface area contributed by atoms with Gasteiger partial charge < -0.3 is 15.8 Å². The van der Waals surface area contributed by atoms with Gasteiger partial charge in [0.1, 0.15) is 5.69 Å². The lowest BCUT2D eigenvalue weighted by molar-refractivity contribution is -0.123. The van der Waals surface area contributed by atoms with E-state index in [1.807, 2.05) is 18.2 Å². The maximum absolute atomic E-state index is 12.3. The molecule has 0 saturated carbocycles. The number of carbonyl (C=O) groups is 3. The van der Waals surface area contributed by atoms with Crippen molar-refractivity contribution in [3.63, 3.8) is 0 Å². The highest BCUT2D eigenvalue weighted by Crippen LogP contribution is 2.14. The average molecular weight is 363 g/mol. The Labute approximate surface area is 155 Å². The molecule has 3 aromatic rings. The zero-order valence-corrected chi connectivity index (χ0v) is 14.5. The second-order valence-electron chi connectivity index (χ2n) is 5.87. The molecule has 2 aromatic carbocycles. The zero-order valence-electron chi connectivity index (χ0n) is 14.5. The molecule has 0 spiro atoms. The number of pyridine rings is 1. The van der Waals surface area contributed by atoms with Gasteiger partial charge in [-0.15, -0.1) is 0 Å². The monoisotopic (exact) mass is 363 g/mol. The van der Waals surface area contributed by atoms with E-state index >= 15 is 0 Å². The van der Waals surface area contributed by atoms with Gasteiger partial charge in [-0.3, -0.25) is 9.59 Å². The summed E-state index contributed by atoms with van der Waals surface area (Å²) in [7, 11) is 0. The fourth-order valence-corrected chi connectivity index (χ4v) is 2.42. The predicted molar refractivity (Wildman–Crippen MR) is 100 cm³/mol. The molecule has 0 aliphatic heterocycles. The van der Waals surface area contributed by atoms with Crippen molar-refractivity contribution in [3.8, 4) is 0 Å². The molecule has 0 aliphatic carbocycles. The molecule has 0 saturated heterocycles. The number of anilines is 1. The largest absolute Gasteiger partial charge is 0.448 e. The Morgan fingerprint density at radius 3 is 2.41 bits per heavy atom. The molecule has 1 atom stereocenters. The summed E-state index contributed by atoms with van der Waals surface area (Å²) in [5.74, 6) is -1.75. The fraction of sp³-hybridized carbons (Fsp3) is 0.100. The number of para-hydroxylation sites is 1. The van der Waals surface area contributed by atoms with E-state index in [-0.39, 0.29) is 5.69 Å². The van der Waals surface area contributed by atoms with Gasteiger partial charge in [0.2, 0.25) is 5.91 Å². The van der Waals surface area contributed by atoms with Gasteiger partial charge in [-0.25, -0.2) is 9.78 Å². The van der Waals surface area contributed by atoms with E-state index in [1.165, 1.54) is 31.2 Å². The summed E-state index contributed by atoms with van der Waals surface area (Å²) in [5.41, 5.74) is 6.74. The van der Waals surface area contributed by atoms with Crippen molar-refractivity contribution >= 4 is 34.4 Å². The number of carbonyl (C=O) groups excluding carboxylic acids is 3. The van der Waals surface area contributed by atoms with Crippen LogP contribution in [0.4, 0.5) is 5.69 Å². The van der Waals surface area contributed by atoms with Crippen LogP contribution in [-0.4, -0.2) is 28.9 Å². The van der Waals surface area contributed by atoms with Gasteiger partial charge in [-0.2, -0.15) is 0 Å². The van der Waals surface area contributed by atoms with Crippen LogP contribution >= 0.6 is 0 Å². The molecular formula is C20H17N3O4. The number of rotatable bonds is 5. The molecule has 7 heteroatoms. The third-order valence-corrected chi connectivity index (χ3v) is 3.90. The standard InChI is InChI=1S/C20H17N3O4/c1-12(19(25)22-15-9-6-14(7-10-15)18(21)24)27-20(26)17-11-8-13-4-2-3-5-16(13)23-17/h2-12H,1H3,(H2,21,24)(H,22,25)/t12-/m1/s1. The Morgan fingerprint density at radius 2 is 1.70 bits per heavy atom. The van der Waals surface area contributed by atoms with Crippen LogP contribution in [0, 0.1) is 0 Å². The SMILES string of the molecule is C[C@@H](OC(=O)c1ccc2ccccc2n1)C(=O)Nc1ccc(C(N)=O)cc1. The maximum Gasteiger partial charge on any atom is 0.357 e. The number of ether oxygens (including phenoxy) is 1. The first-order chi connectivity index (χ1) is 12.9. The highest BCUT2D eigenvalue weighted by Gasteiger charge is 2.20. The quantitative estimate of drug-likeness (QED) is 0.677. The lowest BCUT2D eigenvalue weighted by atomic mass is 10.2. The average Bonchev–Trinajstić information content (AvgIpc) is 2.67. The van der Waals surface area contributed by atoms with Crippen LogP contribution in [0.15, 0.2) is 60.7 Å². The number of primary amides is 1. The van der Waals surface area contributed by atoms with E-state index in [0.717, 1.165) is 5.39 Å². The Morgan fingerprint density at radius 1 is 1.00 bits per heavy atom. The Bertz CT molecular complexity index is 1020. The minimum Gasteiger partial charge on any atom is -0.448 e. The van der Waals surface area contributed by atoms with E-state index in [1.54, 1.807) is 18.2 Å². The number of nitrogens with two attached hydrogens (primary N) is 1. The number of benzene rings is 2. The van der Waals surface area contributed by atoms with Gasteiger partial charge in [-0.05, 0) is 43.3 Å². The predicted octanol–water partition coefficient (Wildman–Crippen LogP) is 2.52. The highest BCUT2D eigenvalue weighted by atomic mass is 16.5. The number of hydrogen-bond acceptors (Lipinski definition) is 5. The summed E-state index contributed by atoms with van der Waals surface area (Å²) in [6, 6.07) is 16.8. The van der Waals surface area contributed by atoms with Gasteiger partial charge in [0.15, 0.2) is 6.10 Å². The molecule has 1 aromatic heterocycles. The topological polar surface area (TPSA) is 111 Å². The number of fused-ring (bicyclic) bond motifs is 1. The van der Waals surface area contributed by atoms with Crippen LogP contribution in [0.5, 0.6) is 0 Å². The van der Waals surface area contributed by atoms with Crippen molar-refractivity contribution in [1.29, 1.82) is 0 Å². The number of nitrogens with one attached hydrogen (secondary N) is 1. The first kappa shape index (κ1) is 18.1. The minimum absolute atomic E-state index is 0.124. The molecule has 3 N–H and O–H groups in total. The molecule has 136 valence electrons. The lowest BCUT2D eigenvalue weighted by Crippen LogP contribution is -2.30. The van der Waals surface area contributed by atoms with Crippen LogP contribution in [0.25, 0.3) is 10.9 Å². The fourth-order valence-electron chi connectivity index (χ4n) is 2.42. The molecule has 0 aliphatic rings. The number of nitrogens with zero attached hydrogens (tertiary/aromatic N) is 1. The Balaban J connectivity index is 1.64. The van der Waals surface area contributed by atoms with Crippen molar-refractivity contribution in [2.75, 3.05) is 5.32 Å². The number of hydrogen-bond donors (Lipinski definition) is 2. The second kappa shape index (κ2) is 7.65.